The van der Waals surface area contributed by atoms with Crippen LogP contribution in [0.4, 0.5) is 25.0 Å². The van der Waals surface area contributed by atoms with Crippen molar-refractivity contribution in [2.75, 3.05) is 37.2 Å². The van der Waals surface area contributed by atoms with Crippen molar-refractivity contribution >= 4 is 29.2 Å². The zero-order valence-corrected chi connectivity index (χ0v) is 27.0. The zero-order chi connectivity index (χ0) is 33.0. The van der Waals surface area contributed by atoms with E-state index >= 15 is 0 Å². The molecule has 11 heteroatoms. The lowest BCUT2D eigenvalue weighted by molar-refractivity contribution is -0.136. The summed E-state index contributed by atoms with van der Waals surface area (Å²) in [6, 6.07) is 9.24. The number of nitrogens with zero attached hydrogens (tertiary/aromatic N) is 2. The number of hydrogen-bond donors (Lipinski definition) is 4. The normalized spacial score (nSPS) is 15.3. The van der Waals surface area contributed by atoms with Crippen molar-refractivity contribution in [2.24, 2.45) is 17.6 Å². The fraction of sp³-hybridized carbons (Fsp3) is 0.559. The van der Waals surface area contributed by atoms with E-state index in [0.29, 0.717) is 41.6 Å². The number of urea groups is 1. The quantitative estimate of drug-likeness (QED) is 0.314. The average Bonchev–Trinajstić information content (AvgIpc) is 2.97. The van der Waals surface area contributed by atoms with Gasteiger partial charge in [-0.3, -0.25) is 9.59 Å². The van der Waals surface area contributed by atoms with Gasteiger partial charge in [0.25, 0.3) is 0 Å². The van der Waals surface area contributed by atoms with Gasteiger partial charge >= 0.3 is 6.03 Å². The Bertz CT molecular complexity index is 1240. The smallest absolute Gasteiger partial charge is 0.319 e. The van der Waals surface area contributed by atoms with E-state index in [1.54, 1.807) is 38.1 Å². The second-order valence-corrected chi connectivity index (χ2v) is 12.1. The number of halogens is 2. The van der Waals surface area contributed by atoms with Crippen molar-refractivity contribution < 1.29 is 23.2 Å². The van der Waals surface area contributed by atoms with Crippen LogP contribution in [0.1, 0.15) is 71.9 Å². The lowest BCUT2D eigenvalue weighted by atomic mass is 10.0. The molecule has 0 spiro atoms. The third-order valence-corrected chi connectivity index (χ3v) is 7.61. The highest BCUT2D eigenvalue weighted by Crippen LogP contribution is 2.16. The number of hydrogen-bond acceptors (Lipinski definition) is 5. The van der Waals surface area contributed by atoms with Gasteiger partial charge < -0.3 is 31.9 Å². The minimum atomic E-state index is -0.345. The Balaban J connectivity index is 0.000000384. The molecule has 2 saturated heterocycles. The van der Waals surface area contributed by atoms with E-state index < -0.39 is 0 Å². The topological polar surface area (TPSA) is 134 Å². The van der Waals surface area contributed by atoms with Gasteiger partial charge in [-0.05, 0) is 74.9 Å². The van der Waals surface area contributed by atoms with Crippen LogP contribution in [0.2, 0.25) is 0 Å². The molecule has 0 aromatic heterocycles. The number of nitrogens with one attached hydrogen (secondary N) is 2. The molecule has 0 saturated carbocycles. The molecule has 0 unspecified atom stereocenters. The standard InChI is InChI=1S/C17H24FN3O2.C9H18N2O.C7H8FN.CH4/c1-11(2)16(22)21-8-6-13(7-9-21)19-17(23)20-14-5-4-12(3)15(18)10-14;1-7(2)9(12)11-5-3-8(10)4-6-11;1-5-2-3-6(9)4-7(5)8;/h4-5,10-11,13H,6-9H2,1-3H3,(H2,19,20,23);7-8H,3-6,10H2,1-2H3;2-4H,9H2,1H3;1H4. The van der Waals surface area contributed by atoms with E-state index in [2.05, 4.69) is 10.6 Å². The molecular weight excluding hydrogens is 578 g/mol. The highest BCUT2D eigenvalue weighted by molar-refractivity contribution is 5.89. The van der Waals surface area contributed by atoms with Gasteiger partial charge in [0, 0.05) is 61.5 Å². The van der Waals surface area contributed by atoms with Crippen LogP contribution in [0.15, 0.2) is 36.4 Å². The predicted octanol–water partition coefficient (Wildman–Crippen LogP) is 5.85. The fourth-order valence-electron chi connectivity index (χ4n) is 4.73. The van der Waals surface area contributed by atoms with Gasteiger partial charge in [0.15, 0.2) is 0 Å². The van der Waals surface area contributed by atoms with Gasteiger partial charge in [-0.25, -0.2) is 13.6 Å². The number of aryl methyl sites for hydroxylation is 2. The summed E-state index contributed by atoms with van der Waals surface area (Å²) in [5.41, 5.74) is 13.1. The Hall–Kier alpha value is -3.73. The van der Waals surface area contributed by atoms with Crippen LogP contribution in [-0.2, 0) is 9.59 Å². The molecule has 9 nitrogen and oxygen atoms in total. The molecule has 45 heavy (non-hydrogen) atoms. The molecular formula is C34H54F2N6O3. The van der Waals surface area contributed by atoms with Crippen molar-refractivity contribution in [1.29, 1.82) is 0 Å². The van der Waals surface area contributed by atoms with Gasteiger partial charge in [0.2, 0.25) is 11.8 Å². The predicted molar refractivity (Wildman–Crippen MR) is 179 cm³/mol. The number of nitrogen functional groups attached to an aromatic ring is 1. The summed E-state index contributed by atoms with van der Waals surface area (Å²) < 4.78 is 26.0. The fourth-order valence-corrected chi connectivity index (χ4v) is 4.73. The molecule has 2 aromatic carbocycles. The first-order valence-electron chi connectivity index (χ1n) is 15.4. The first kappa shape index (κ1) is 39.3. The molecule has 2 heterocycles. The number of nitrogens with two attached hydrogens (primary N) is 2. The van der Waals surface area contributed by atoms with Crippen molar-refractivity contribution in [2.45, 2.75) is 86.7 Å². The summed E-state index contributed by atoms with van der Waals surface area (Å²) in [5, 5.41) is 5.52. The van der Waals surface area contributed by atoms with Crippen LogP contribution in [-0.4, -0.2) is 65.9 Å². The van der Waals surface area contributed by atoms with E-state index in [1.807, 2.05) is 37.5 Å². The molecule has 2 fully saturated rings. The Morgan fingerprint density at radius 2 is 1.22 bits per heavy atom. The maximum Gasteiger partial charge on any atom is 0.319 e. The Morgan fingerprint density at radius 3 is 1.64 bits per heavy atom. The Kier molecular flexibility index (Phi) is 16.5. The molecule has 6 N–H and O–H groups in total. The number of likely N-dealkylation sites (tertiary alicyclic amines) is 2. The van der Waals surface area contributed by atoms with Crippen LogP contribution in [0.3, 0.4) is 0 Å². The lowest BCUT2D eigenvalue weighted by Gasteiger charge is -2.33. The minimum Gasteiger partial charge on any atom is -0.399 e. The largest absolute Gasteiger partial charge is 0.399 e. The Morgan fingerprint density at radius 1 is 0.778 bits per heavy atom. The first-order valence-corrected chi connectivity index (χ1v) is 15.4. The monoisotopic (exact) mass is 632 g/mol. The summed E-state index contributed by atoms with van der Waals surface area (Å²) in [7, 11) is 0. The molecule has 0 aliphatic carbocycles. The first-order chi connectivity index (χ1) is 20.7. The van der Waals surface area contributed by atoms with E-state index in [1.165, 1.54) is 12.1 Å². The highest BCUT2D eigenvalue weighted by Gasteiger charge is 2.25. The third-order valence-electron chi connectivity index (χ3n) is 7.61. The number of amides is 4. The molecule has 2 aliphatic rings. The van der Waals surface area contributed by atoms with Crippen molar-refractivity contribution in [3.05, 3.63) is 59.2 Å². The minimum absolute atomic E-state index is 0. The number of carbonyl (C=O) groups is 3. The number of carbonyl (C=O) groups excluding carboxylic acids is 3. The summed E-state index contributed by atoms with van der Waals surface area (Å²) in [6.45, 7) is 14.0. The van der Waals surface area contributed by atoms with Gasteiger partial charge in [-0.1, -0.05) is 47.3 Å². The number of rotatable bonds is 4. The second-order valence-electron chi connectivity index (χ2n) is 12.1. The average molecular weight is 633 g/mol. The van der Waals surface area contributed by atoms with Crippen LogP contribution < -0.4 is 22.1 Å². The van der Waals surface area contributed by atoms with E-state index in [9.17, 15) is 23.2 Å². The second kappa shape index (κ2) is 18.9. The van der Waals surface area contributed by atoms with Gasteiger partial charge in [-0.15, -0.1) is 0 Å². The van der Waals surface area contributed by atoms with Crippen LogP contribution in [0.25, 0.3) is 0 Å². The molecule has 252 valence electrons. The molecule has 2 aliphatic heterocycles. The number of benzene rings is 2. The van der Waals surface area contributed by atoms with E-state index in [-0.39, 0.29) is 54.8 Å². The van der Waals surface area contributed by atoms with E-state index in [0.717, 1.165) is 38.8 Å². The van der Waals surface area contributed by atoms with Crippen molar-refractivity contribution in [3.63, 3.8) is 0 Å². The number of anilines is 2. The summed E-state index contributed by atoms with van der Waals surface area (Å²) in [6.07, 6.45) is 3.37. The molecule has 4 amide bonds. The maximum absolute atomic E-state index is 13.5. The van der Waals surface area contributed by atoms with E-state index in [4.69, 9.17) is 11.5 Å². The molecule has 4 rings (SSSR count). The maximum atomic E-state index is 13.5. The van der Waals surface area contributed by atoms with Gasteiger partial charge in [0.1, 0.15) is 11.6 Å². The molecule has 2 aromatic rings. The zero-order valence-electron chi connectivity index (χ0n) is 27.0. The molecule has 0 radical (unpaired) electrons. The lowest BCUT2D eigenvalue weighted by Crippen LogP contribution is -2.48. The highest BCUT2D eigenvalue weighted by atomic mass is 19.1. The summed E-state index contributed by atoms with van der Waals surface area (Å²) in [4.78, 5) is 39.2. The number of piperidine rings is 2. The SMILES string of the molecule is C.CC(C)C(=O)N1CCC(N)CC1.Cc1ccc(N)cc1F.Cc1ccc(NC(=O)NC2CCN(C(=O)C(C)C)CC2)cc1F. The molecule has 0 bridgehead atoms. The van der Waals surface area contributed by atoms with Crippen molar-refractivity contribution in [1.82, 2.24) is 15.1 Å². The summed E-state index contributed by atoms with van der Waals surface area (Å²) in [5.74, 6) is -0.0400. The van der Waals surface area contributed by atoms with Gasteiger partial charge in [-0.2, -0.15) is 0 Å². The summed E-state index contributed by atoms with van der Waals surface area (Å²) >= 11 is 0. The van der Waals surface area contributed by atoms with Crippen LogP contribution >= 0.6 is 0 Å². The molecule has 0 atom stereocenters. The third kappa shape index (κ3) is 13.4. The van der Waals surface area contributed by atoms with Gasteiger partial charge in [0.05, 0.1) is 0 Å². The van der Waals surface area contributed by atoms with Crippen molar-refractivity contribution in [3.8, 4) is 0 Å². The van der Waals surface area contributed by atoms with Crippen LogP contribution in [0, 0.1) is 37.3 Å². The van der Waals surface area contributed by atoms with Crippen LogP contribution in [0.5, 0.6) is 0 Å². The Labute approximate surface area is 268 Å².